The summed E-state index contributed by atoms with van der Waals surface area (Å²) < 4.78 is 4.25. The first-order valence-corrected chi connectivity index (χ1v) is 16.2. The lowest BCUT2D eigenvalue weighted by Gasteiger charge is -2.38. The summed E-state index contributed by atoms with van der Waals surface area (Å²) in [4.78, 5) is 0. The van der Waals surface area contributed by atoms with E-state index in [-0.39, 0.29) is 23.0 Å². The Morgan fingerprint density at radius 3 is 1.69 bits per heavy atom. The molecule has 3 atom stereocenters. The number of hydrogen-bond acceptors (Lipinski definition) is 3. The van der Waals surface area contributed by atoms with Crippen LogP contribution >= 0.6 is 0 Å². The number of aliphatic hydroxyl groups excluding tert-OH is 2. The molecule has 0 aromatic rings. The Balaban J connectivity index is 0.00000324. The molecule has 0 saturated heterocycles. The van der Waals surface area contributed by atoms with Crippen molar-refractivity contribution in [3.05, 3.63) is 130 Å². The molecule has 0 aromatic carbocycles. The van der Waals surface area contributed by atoms with Crippen molar-refractivity contribution in [3.8, 4) is 0 Å². The molecule has 0 fully saturated rings. The van der Waals surface area contributed by atoms with Crippen LogP contribution in [-0.4, -0.2) is 36.6 Å². The first-order valence-electron chi connectivity index (χ1n) is 16.2. The van der Waals surface area contributed by atoms with Crippen molar-refractivity contribution in [2.24, 2.45) is 16.7 Å². The number of ether oxygens (including phenoxy) is 1. The number of aliphatic hydroxyl groups is 2. The Hall–Kier alpha value is -2.98. The molecular formula is C42H62O3. The summed E-state index contributed by atoms with van der Waals surface area (Å²) in [7, 11) is 3.25. The van der Waals surface area contributed by atoms with Gasteiger partial charge in [-0.2, -0.15) is 0 Å². The molecule has 45 heavy (non-hydrogen) atoms. The maximum absolute atomic E-state index is 10.1. The second-order valence-electron chi connectivity index (χ2n) is 14.1. The molecule has 0 radical (unpaired) electrons. The standard InChI is InChI=1S/C40H56O2.C2H6O/c1-29(17-13-19-31(3)21-23-37-33(5)25-35(41)27-39(37,7)8)15-11-12-16-30(2)18-14-20-32(4)22-24-38-34(6)26-36(42)28-40(38,9)10;1-3-2/h11-25,35-37,41-42H,26-28H2,1-10H3;1-2H3/b12-11+,17-13+,18-14+,23-21+,24-22+,29-15+,30-16+,31-19+,32-20+;/t35-,36+,37-;/m0./s1. The van der Waals surface area contributed by atoms with E-state index in [1.54, 1.807) is 14.2 Å². The maximum atomic E-state index is 10.1. The smallest absolute Gasteiger partial charge is 0.0729 e. The van der Waals surface area contributed by atoms with Crippen molar-refractivity contribution in [3.63, 3.8) is 0 Å². The van der Waals surface area contributed by atoms with Gasteiger partial charge in [0.2, 0.25) is 0 Å². The number of hydrogen-bond donors (Lipinski definition) is 2. The molecule has 3 nitrogen and oxygen atoms in total. The summed E-state index contributed by atoms with van der Waals surface area (Å²) in [6.07, 6.45) is 33.8. The topological polar surface area (TPSA) is 49.7 Å². The lowest BCUT2D eigenvalue weighted by molar-refractivity contribution is 0.116. The molecule has 2 rings (SSSR count). The van der Waals surface area contributed by atoms with Gasteiger partial charge in [0, 0.05) is 20.1 Å². The van der Waals surface area contributed by atoms with Gasteiger partial charge in [0.05, 0.1) is 12.2 Å². The van der Waals surface area contributed by atoms with Gasteiger partial charge in [-0.3, -0.25) is 0 Å². The van der Waals surface area contributed by atoms with E-state index < -0.39 is 0 Å². The quantitative estimate of drug-likeness (QED) is 0.190. The highest BCUT2D eigenvalue weighted by Crippen LogP contribution is 2.42. The Kier molecular flexibility index (Phi) is 17.4. The van der Waals surface area contributed by atoms with Crippen LogP contribution < -0.4 is 0 Å². The van der Waals surface area contributed by atoms with E-state index in [4.69, 9.17) is 0 Å². The molecular weight excluding hydrogens is 552 g/mol. The Bertz CT molecular complexity index is 1290. The zero-order valence-electron chi connectivity index (χ0n) is 30.3. The molecule has 2 aliphatic carbocycles. The first-order chi connectivity index (χ1) is 21.0. The van der Waals surface area contributed by atoms with Crippen LogP contribution in [0.2, 0.25) is 0 Å². The Labute approximate surface area is 276 Å². The van der Waals surface area contributed by atoms with Gasteiger partial charge >= 0.3 is 0 Å². The van der Waals surface area contributed by atoms with Crippen LogP contribution in [0.4, 0.5) is 0 Å². The van der Waals surface area contributed by atoms with Gasteiger partial charge in [-0.05, 0) is 77.2 Å². The number of methoxy groups -OCH3 is 1. The lowest BCUT2D eigenvalue weighted by atomic mass is 9.67. The maximum Gasteiger partial charge on any atom is 0.0729 e. The molecule has 0 bridgehead atoms. The summed E-state index contributed by atoms with van der Waals surface area (Å²) in [5, 5.41) is 20.2. The van der Waals surface area contributed by atoms with Crippen molar-refractivity contribution in [2.45, 2.75) is 101 Å². The van der Waals surface area contributed by atoms with Crippen molar-refractivity contribution in [2.75, 3.05) is 14.2 Å². The fraction of sp³-hybridized carbons (Fsp3) is 0.476. The minimum atomic E-state index is -0.331. The minimum Gasteiger partial charge on any atom is -0.393 e. The summed E-state index contributed by atoms with van der Waals surface area (Å²) in [6.45, 7) is 21.6. The highest BCUT2D eigenvalue weighted by Gasteiger charge is 2.34. The van der Waals surface area contributed by atoms with Gasteiger partial charge in [-0.15, -0.1) is 0 Å². The van der Waals surface area contributed by atoms with Gasteiger partial charge in [0.25, 0.3) is 0 Å². The summed E-state index contributed by atoms with van der Waals surface area (Å²) in [5.74, 6) is 0.348. The Morgan fingerprint density at radius 2 is 1.20 bits per heavy atom. The molecule has 2 N–H and O–H groups in total. The third kappa shape index (κ3) is 15.2. The van der Waals surface area contributed by atoms with E-state index in [2.05, 4.69) is 159 Å². The number of rotatable bonds is 10. The van der Waals surface area contributed by atoms with Crippen LogP contribution in [0.3, 0.4) is 0 Å². The van der Waals surface area contributed by atoms with Gasteiger partial charge in [-0.1, -0.05) is 152 Å². The molecule has 3 heteroatoms. The Morgan fingerprint density at radius 1 is 0.733 bits per heavy atom. The molecule has 0 amide bonds. The van der Waals surface area contributed by atoms with Crippen molar-refractivity contribution >= 4 is 0 Å². The van der Waals surface area contributed by atoms with Gasteiger partial charge in [0.1, 0.15) is 0 Å². The predicted molar refractivity (Wildman–Crippen MR) is 197 cm³/mol. The van der Waals surface area contributed by atoms with Crippen LogP contribution in [0.5, 0.6) is 0 Å². The van der Waals surface area contributed by atoms with Crippen LogP contribution in [0.15, 0.2) is 130 Å². The fourth-order valence-electron chi connectivity index (χ4n) is 6.14. The highest BCUT2D eigenvalue weighted by molar-refractivity contribution is 5.38. The van der Waals surface area contributed by atoms with Crippen molar-refractivity contribution in [1.82, 2.24) is 0 Å². The van der Waals surface area contributed by atoms with E-state index in [9.17, 15) is 10.2 Å². The second-order valence-corrected chi connectivity index (χ2v) is 14.1. The van der Waals surface area contributed by atoms with Gasteiger partial charge < -0.3 is 14.9 Å². The summed E-state index contributed by atoms with van der Waals surface area (Å²) in [5.41, 5.74) is 8.73. The van der Waals surface area contributed by atoms with Gasteiger partial charge in [0.15, 0.2) is 0 Å². The van der Waals surface area contributed by atoms with E-state index in [1.165, 1.54) is 39.0 Å². The average Bonchev–Trinajstić information content (AvgIpc) is 2.89. The van der Waals surface area contributed by atoms with E-state index in [0.717, 1.165) is 19.3 Å². The molecule has 0 aromatic heterocycles. The average molecular weight is 615 g/mol. The molecule has 0 spiro atoms. The second kappa shape index (κ2) is 19.5. The van der Waals surface area contributed by atoms with Crippen LogP contribution in [0.25, 0.3) is 0 Å². The zero-order chi connectivity index (χ0) is 34.2. The monoisotopic (exact) mass is 614 g/mol. The third-order valence-electron chi connectivity index (χ3n) is 8.33. The van der Waals surface area contributed by atoms with Gasteiger partial charge in [-0.25, -0.2) is 0 Å². The molecule has 0 saturated carbocycles. The fourth-order valence-corrected chi connectivity index (χ4v) is 6.14. The van der Waals surface area contributed by atoms with Crippen LogP contribution in [-0.2, 0) is 4.74 Å². The van der Waals surface area contributed by atoms with Crippen LogP contribution in [0, 0.1) is 16.7 Å². The molecule has 248 valence electrons. The van der Waals surface area contributed by atoms with E-state index in [0.29, 0.717) is 5.92 Å². The minimum absolute atomic E-state index is 0.00528. The predicted octanol–water partition coefficient (Wildman–Crippen LogP) is 10.7. The van der Waals surface area contributed by atoms with E-state index >= 15 is 0 Å². The first kappa shape index (κ1) is 40.0. The lowest BCUT2D eigenvalue weighted by Crippen LogP contribution is -2.32. The molecule has 0 unspecified atom stereocenters. The summed E-state index contributed by atoms with van der Waals surface area (Å²) in [6, 6.07) is 0. The molecule has 0 heterocycles. The molecule has 0 aliphatic heterocycles. The van der Waals surface area contributed by atoms with Crippen molar-refractivity contribution in [1.29, 1.82) is 0 Å². The summed E-state index contributed by atoms with van der Waals surface area (Å²) >= 11 is 0. The largest absolute Gasteiger partial charge is 0.393 e. The van der Waals surface area contributed by atoms with Crippen LogP contribution in [0.1, 0.15) is 88.5 Å². The number of allylic oxidation sites excluding steroid dienone is 20. The van der Waals surface area contributed by atoms with E-state index in [1.807, 2.05) is 6.08 Å². The highest BCUT2D eigenvalue weighted by atomic mass is 16.4. The zero-order valence-corrected chi connectivity index (χ0v) is 30.3. The molecule has 2 aliphatic rings. The third-order valence-corrected chi connectivity index (χ3v) is 8.33. The van der Waals surface area contributed by atoms with Crippen molar-refractivity contribution < 1.29 is 14.9 Å². The SMILES string of the molecule is CC1=C[C@H](O)CC(C)(C)[C@H]1/C=C/C(C)=C/C=C/C(C)=C/C=C/C=C(C)/C=C/C=C(C)/C=C/C1=C(C)C[C@@H](O)CC1(C)C.COC. The normalized spacial score (nSPS) is 25.2.